The average molecular weight is 327 g/mol. The number of ether oxygens (including phenoxy) is 3. The van der Waals surface area contributed by atoms with E-state index in [1.165, 1.54) is 0 Å². The van der Waals surface area contributed by atoms with E-state index in [0.717, 1.165) is 11.1 Å². The van der Waals surface area contributed by atoms with Crippen molar-refractivity contribution >= 4 is 17.6 Å². The fourth-order valence-electron chi connectivity index (χ4n) is 2.25. The van der Waals surface area contributed by atoms with Gasteiger partial charge in [-0.25, -0.2) is 4.79 Å². The van der Waals surface area contributed by atoms with E-state index < -0.39 is 11.9 Å². The van der Waals surface area contributed by atoms with E-state index in [2.05, 4.69) is 5.32 Å². The quantitative estimate of drug-likeness (QED) is 0.874. The van der Waals surface area contributed by atoms with Crippen molar-refractivity contribution in [2.24, 2.45) is 0 Å². The Morgan fingerprint density at radius 1 is 1.04 bits per heavy atom. The Kier molecular flexibility index (Phi) is 4.37. The minimum atomic E-state index is -0.529. The fraction of sp³-hybridized carbons (Fsp3) is 0.222. The topological polar surface area (TPSA) is 73.9 Å². The summed E-state index contributed by atoms with van der Waals surface area (Å²) in [4.78, 5) is 23.9. The van der Waals surface area contributed by atoms with Crippen LogP contribution in [0, 0.1) is 13.8 Å². The third-order valence-corrected chi connectivity index (χ3v) is 3.73. The van der Waals surface area contributed by atoms with Crippen LogP contribution in [0.3, 0.4) is 0 Å². The number of benzene rings is 2. The number of anilines is 1. The summed E-state index contributed by atoms with van der Waals surface area (Å²) in [6, 6.07) is 10.3. The van der Waals surface area contributed by atoms with Gasteiger partial charge in [0.05, 0.1) is 5.56 Å². The number of esters is 1. The van der Waals surface area contributed by atoms with Crippen LogP contribution in [0.15, 0.2) is 36.4 Å². The zero-order chi connectivity index (χ0) is 17.1. The third-order valence-electron chi connectivity index (χ3n) is 3.73. The van der Waals surface area contributed by atoms with Crippen LogP contribution < -0.4 is 14.8 Å². The number of carbonyl (C=O) groups is 2. The molecular weight excluding hydrogens is 310 g/mol. The number of fused-ring (bicyclic) bond motifs is 1. The van der Waals surface area contributed by atoms with Gasteiger partial charge in [0.25, 0.3) is 5.91 Å². The molecular formula is C18H17NO5. The molecule has 0 saturated heterocycles. The first-order chi connectivity index (χ1) is 11.5. The molecule has 1 N–H and O–H groups in total. The van der Waals surface area contributed by atoms with Gasteiger partial charge >= 0.3 is 5.97 Å². The van der Waals surface area contributed by atoms with Gasteiger partial charge in [-0.2, -0.15) is 0 Å². The lowest BCUT2D eigenvalue weighted by molar-refractivity contribution is -0.119. The monoisotopic (exact) mass is 327 g/mol. The minimum Gasteiger partial charge on any atom is -0.454 e. The minimum absolute atomic E-state index is 0.167. The Morgan fingerprint density at radius 3 is 2.62 bits per heavy atom. The molecule has 0 fully saturated rings. The van der Waals surface area contributed by atoms with Crippen LogP contribution in [0.4, 0.5) is 5.69 Å². The van der Waals surface area contributed by atoms with Crippen molar-refractivity contribution in [3.63, 3.8) is 0 Å². The molecule has 0 radical (unpaired) electrons. The highest BCUT2D eigenvalue weighted by atomic mass is 16.7. The molecule has 1 heterocycles. The van der Waals surface area contributed by atoms with Gasteiger partial charge < -0.3 is 19.5 Å². The van der Waals surface area contributed by atoms with Gasteiger partial charge in [0.1, 0.15) is 0 Å². The van der Waals surface area contributed by atoms with E-state index in [-0.39, 0.29) is 13.4 Å². The van der Waals surface area contributed by atoms with E-state index in [9.17, 15) is 9.59 Å². The molecule has 2 aromatic rings. The fourth-order valence-corrected chi connectivity index (χ4v) is 2.25. The van der Waals surface area contributed by atoms with E-state index in [1.807, 2.05) is 19.9 Å². The maximum Gasteiger partial charge on any atom is 0.338 e. The number of hydrogen-bond acceptors (Lipinski definition) is 5. The number of amides is 1. The van der Waals surface area contributed by atoms with Crippen LogP contribution in [-0.2, 0) is 9.53 Å². The van der Waals surface area contributed by atoms with Crippen LogP contribution in [0.2, 0.25) is 0 Å². The van der Waals surface area contributed by atoms with Crippen molar-refractivity contribution in [3.8, 4) is 11.5 Å². The Bertz CT molecular complexity index is 800. The number of aryl methyl sites for hydroxylation is 2. The maximum atomic E-state index is 12.0. The Hall–Kier alpha value is -3.02. The Morgan fingerprint density at radius 2 is 1.83 bits per heavy atom. The summed E-state index contributed by atoms with van der Waals surface area (Å²) in [5.74, 6) is 0.249. The van der Waals surface area contributed by atoms with Gasteiger partial charge in [0, 0.05) is 11.8 Å². The molecule has 0 saturated carbocycles. The molecule has 24 heavy (non-hydrogen) atoms. The van der Waals surface area contributed by atoms with E-state index in [1.54, 1.807) is 30.3 Å². The first-order valence-corrected chi connectivity index (χ1v) is 7.47. The largest absolute Gasteiger partial charge is 0.454 e. The van der Waals surface area contributed by atoms with Crippen molar-refractivity contribution in [1.29, 1.82) is 0 Å². The van der Waals surface area contributed by atoms with Crippen molar-refractivity contribution in [1.82, 2.24) is 0 Å². The summed E-state index contributed by atoms with van der Waals surface area (Å²) in [7, 11) is 0. The SMILES string of the molecule is Cc1ccc(C(=O)OCC(=O)Nc2ccc3c(c2)OCO3)cc1C. The first kappa shape index (κ1) is 15.9. The molecule has 124 valence electrons. The van der Waals surface area contributed by atoms with Gasteiger partial charge in [-0.3, -0.25) is 4.79 Å². The van der Waals surface area contributed by atoms with Crippen LogP contribution in [0.5, 0.6) is 11.5 Å². The van der Waals surface area contributed by atoms with Gasteiger partial charge in [-0.05, 0) is 49.2 Å². The van der Waals surface area contributed by atoms with Gasteiger partial charge in [0.15, 0.2) is 18.1 Å². The van der Waals surface area contributed by atoms with Crippen molar-refractivity contribution in [3.05, 3.63) is 53.1 Å². The zero-order valence-corrected chi connectivity index (χ0v) is 13.4. The molecule has 0 bridgehead atoms. The molecule has 1 aliphatic heterocycles. The first-order valence-electron chi connectivity index (χ1n) is 7.47. The highest BCUT2D eigenvalue weighted by Crippen LogP contribution is 2.34. The number of nitrogens with one attached hydrogen (secondary N) is 1. The van der Waals surface area contributed by atoms with Crippen molar-refractivity contribution < 1.29 is 23.8 Å². The van der Waals surface area contributed by atoms with E-state index >= 15 is 0 Å². The molecule has 0 aliphatic carbocycles. The smallest absolute Gasteiger partial charge is 0.338 e. The predicted octanol–water partition coefficient (Wildman–Crippen LogP) is 2.83. The molecule has 6 nitrogen and oxygen atoms in total. The summed E-state index contributed by atoms with van der Waals surface area (Å²) >= 11 is 0. The standard InChI is InChI=1S/C18H17NO5/c1-11-3-4-13(7-12(11)2)18(21)22-9-17(20)19-14-5-6-15-16(8-14)24-10-23-15/h3-8H,9-10H2,1-2H3,(H,19,20). The van der Waals surface area contributed by atoms with Crippen LogP contribution in [0.1, 0.15) is 21.5 Å². The molecule has 3 rings (SSSR count). The molecule has 2 aromatic carbocycles. The normalized spacial score (nSPS) is 11.9. The molecule has 0 atom stereocenters. The summed E-state index contributed by atoms with van der Waals surface area (Å²) < 4.78 is 15.5. The van der Waals surface area contributed by atoms with E-state index in [4.69, 9.17) is 14.2 Å². The molecule has 0 unspecified atom stereocenters. The second kappa shape index (κ2) is 6.62. The summed E-state index contributed by atoms with van der Waals surface area (Å²) in [5.41, 5.74) is 3.06. The van der Waals surface area contributed by atoms with E-state index in [0.29, 0.717) is 22.7 Å². The summed E-state index contributed by atoms with van der Waals surface area (Å²) in [6.45, 7) is 3.68. The second-order valence-electron chi connectivity index (χ2n) is 5.49. The molecule has 0 spiro atoms. The highest BCUT2D eigenvalue weighted by Gasteiger charge is 2.15. The maximum absolute atomic E-state index is 12.0. The van der Waals surface area contributed by atoms with Gasteiger partial charge in [-0.1, -0.05) is 6.07 Å². The molecule has 0 aromatic heterocycles. The lowest BCUT2D eigenvalue weighted by Gasteiger charge is -2.08. The van der Waals surface area contributed by atoms with Crippen LogP contribution in [0.25, 0.3) is 0 Å². The molecule has 1 amide bonds. The van der Waals surface area contributed by atoms with Gasteiger partial charge in [-0.15, -0.1) is 0 Å². The zero-order valence-electron chi connectivity index (χ0n) is 13.4. The lowest BCUT2D eigenvalue weighted by atomic mass is 10.1. The molecule has 1 aliphatic rings. The number of carbonyl (C=O) groups excluding carboxylic acids is 2. The number of rotatable bonds is 4. The van der Waals surface area contributed by atoms with Crippen LogP contribution in [-0.4, -0.2) is 25.3 Å². The Labute approximate surface area is 139 Å². The highest BCUT2D eigenvalue weighted by molar-refractivity contribution is 5.95. The van der Waals surface area contributed by atoms with Crippen LogP contribution >= 0.6 is 0 Å². The third kappa shape index (κ3) is 3.48. The lowest BCUT2D eigenvalue weighted by Crippen LogP contribution is -2.21. The molecule has 6 heteroatoms. The second-order valence-corrected chi connectivity index (χ2v) is 5.49. The average Bonchev–Trinajstić information content (AvgIpc) is 3.03. The van der Waals surface area contributed by atoms with Gasteiger partial charge in [0.2, 0.25) is 6.79 Å². The Balaban J connectivity index is 1.55. The predicted molar refractivity (Wildman–Crippen MR) is 87.4 cm³/mol. The number of hydrogen-bond donors (Lipinski definition) is 1. The summed E-state index contributed by atoms with van der Waals surface area (Å²) in [5, 5.41) is 2.65. The van der Waals surface area contributed by atoms with Crippen molar-refractivity contribution in [2.45, 2.75) is 13.8 Å². The summed E-state index contributed by atoms with van der Waals surface area (Å²) in [6.07, 6.45) is 0. The van der Waals surface area contributed by atoms with Crippen molar-refractivity contribution in [2.75, 3.05) is 18.7 Å².